The summed E-state index contributed by atoms with van der Waals surface area (Å²) in [6.45, 7) is 2.25. The molecule has 27 heavy (non-hydrogen) atoms. The first-order valence-electron chi connectivity index (χ1n) is 7.26. The molecule has 1 aliphatic rings. The Hall–Kier alpha value is -0.820. The molecule has 1 atom stereocenters. The fraction of sp³-hybridized carbons (Fsp3) is 0.231. The van der Waals surface area contributed by atoms with Crippen molar-refractivity contribution in [1.29, 1.82) is 0 Å². The third-order valence-corrected chi connectivity index (χ3v) is 3.46. The molecule has 0 saturated heterocycles. The van der Waals surface area contributed by atoms with Crippen LogP contribution in [0.5, 0.6) is 0 Å². The van der Waals surface area contributed by atoms with E-state index in [1.165, 1.54) is 36.8 Å². The van der Waals surface area contributed by atoms with E-state index in [4.69, 9.17) is 0 Å². The Morgan fingerprint density at radius 2 is 1.37 bits per heavy atom. The van der Waals surface area contributed by atoms with Gasteiger partial charge in [0.25, 0.3) is 0 Å². The van der Waals surface area contributed by atoms with Crippen molar-refractivity contribution in [2.45, 2.75) is 38.5 Å². The number of unbranched alkanes of at least 4 members (excludes halogenated alkanes) is 2. The minimum absolute atomic E-state index is 0. The van der Waals surface area contributed by atoms with Gasteiger partial charge in [-0.15, -0.1) is 11.6 Å². The molecule has 1 heteroatoms. The fourth-order valence-electron chi connectivity index (χ4n) is 2.40. The maximum absolute atomic E-state index is 3.46. The van der Waals surface area contributed by atoms with Gasteiger partial charge in [0.05, 0.1) is 0 Å². The van der Waals surface area contributed by atoms with Crippen molar-refractivity contribution in [3.63, 3.8) is 0 Å². The van der Waals surface area contributed by atoms with Crippen molar-refractivity contribution in [2.24, 2.45) is 0 Å². The van der Waals surface area contributed by atoms with Gasteiger partial charge < -0.3 is 52.0 Å². The SMILES string of the molecule is CCCCCC1[C-]=Cc2ccccc21.[CH3-].[CH3-].[CH3-].[CH3-].[CH3-].[CH3-].[CH3-].[Hf].c1cc[cH-]c1. The summed E-state index contributed by atoms with van der Waals surface area (Å²) in [5.74, 6) is 0.567. The molecule has 160 valence electrons. The van der Waals surface area contributed by atoms with Gasteiger partial charge in [0.2, 0.25) is 0 Å². The largest absolute Gasteiger partial charge is 0.358 e. The minimum atomic E-state index is 0. The predicted molar refractivity (Wildman–Crippen MR) is 128 cm³/mol. The van der Waals surface area contributed by atoms with E-state index in [0.717, 1.165) is 0 Å². The zero-order valence-corrected chi connectivity index (χ0v) is 22.8. The summed E-state index contributed by atoms with van der Waals surface area (Å²) in [6.07, 6.45) is 10.8. The van der Waals surface area contributed by atoms with Crippen molar-refractivity contribution >= 4 is 6.08 Å². The van der Waals surface area contributed by atoms with Crippen molar-refractivity contribution in [1.82, 2.24) is 0 Å². The van der Waals surface area contributed by atoms with Crippen molar-refractivity contribution in [3.8, 4) is 0 Å². The van der Waals surface area contributed by atoms with Gasteiger partial charge in [-0.05, 0) is 0 Å². The van der Waals surface area contributed by atoms with Gasteiger partial charge in [0.1, 0.15) is 0 Å². The van der Waals surface area contributed by atoms with Crippen LogP contribution in [0.25, 0.3) is 6.08 Å². The van der Waals surface area contributed by atoms with Gasteiger partial charge in [0.15, 0.2) is 0 Å². The molecule has 2 aromatic rings. The number of hydrogen-bond acceptors (Lipinski definition) is 0. The summed E-state index contributed by atoms with van der Waals surface area (Å²) in [7, 11) is 0. The summed E-state index contributed by atoms with van der Waals surface area (Å²) in [6, 6.07) is 18.7. The molecular weight excluding hydrogens is 491 g/mol. The van der Waals surface area contributed by atoms with E-state index in [0.29, 0.717) is 5.92 Å². The van der Waals surface area contributed by atoms with Crippen LogP contribution in [0.3, 0.4) is 0 Å². The van der Waals surface area contributed by atoms with Crippen LogP contribution in [0.15, 0.2) is 54.6 Å². The number of fused-ring (bicyclic) bond motifs is 1. The molecule has 0 spiro atoms. The van der Waals surface area contributed by atoms with Crippen LogP contribution in [0.2, 0.25) is 0 Å². The molecule has 0 amide bonds. The number of allylic oxidation sites excluding steroid dienone is 1. The molecule has 0 radical (unpaired) electrons. The van der Waals surface area contributed by atoms with Crippen LogP contribution in [0, 0.1) is 58.1 Å². The normalized spacial score (nSPS) is 11.1. The average Bonchev–Trinajstić information content (AvgIpc) is 3.12. The van der Waals surface area contributed by atoms with Gasteiger partial charge in [-0.1, -0.05) is 56.7 Å². The second-order valence-corrected chi connectivity index (χ2v) is 4.95. The molecule has 0 bridgehead atoms. The van der Waals surface area contributed by atoms with Crippen LogP contribution in [-0.4, -0.2) is 0 Å². The molecule has 0 aliphatic heterocycles. The Bertz CT molecular complexity index is 465. The maximum atomic E-state index is 3.46. The molecule has 1 aliphatic carbocycles. The fourth-order valence-corrected chi connectivity index (χ4v) is 2.40. The summed E-state index contributed by atoms with van der Waals surface area (Å²) in [5, 5.41) is 0. The number of rotatable bonds is 4. The second kappa shape index (κ2) is 27.4. The molecule has 0 N–H and O–H groups in total. The minimum Gasteiger partial charge on any atom is -0.358 e. The van der Waals surface area contributed by atoms with Crippen LogP contribution in [0.1, 0.15) is 49.7 Å². The quantitative estimate of drug-likeness (QED) is 0.209. The Labute approximate surface area is 193 Å². The molecule has 2 aromatic carbocycles. The Morgan fingerprint density at radius 3 is 1.85 bits per heavy atom. The standard InChI is InChI=1S/C14H17.C5H5.7CH3.Hf/c1-2-3-4-7-12-10-11-13-8-5-6-9-14(12)13;1-2-4-5-3-1;;;;;;;;/h5-6,8-9,11-12H,2-4,7H2,1H3;1-5H;7*1H3;/q9*-1;. The van der Waals surface area contributed by atoms with Gasteiger partial charge in [-0.2, -0.15) is 23.8 Å². The summed E-state index contributed by atoms with van der Waals surface area (Å²) >= 11 is 0. The van der Waals surface area contributed by atoms with Crippen LogP contribution >= 0.6 is 0 Å². The zero-order chi connectivity index (χ0) is 13.3. The van der Waals surface area contributed by atoms with Crippen LogP contribution < -0.4 is 0 Å². The molecule has 1 unspecified atom stereocenters. The van der Waals surface area contributed by atoms with Gasteiger partial charge in [-0.25, -0.2) is 18.2 Å². The summed E-state index contributed by atoms with van der Waals surface area (Å²) in [4.78, 5) is 0. The molecular formula is C26H43Hf-9. The predicted octanol–water partition coefficient (Wildman–Crippen LogP) is 8.74. The van der Waals surface area contributed by atoms with E-state index in [9.17, 15) is 0 Å². The van der Waals surface area contributed by atoms with E-state index in [1.54, 1.807) is 0 Å². The second-order valence-electron chi connectivity index (χ2n) is 4.95. The summed E-state index contributed by atoms with van der Waals surface area (Å²) in [5.41, 5.74) is 2.85. The van der Waals surface area contributed by atoms with E-state index in [2.05, 4.69) is 43.3 Å². The van der Waals surface area contributed by atoms with Gasteiger partial charge in [-0.3, -0.25) is 6.08 Å². The number of benzene rings is 1. The average molecular weight is 534 g/mol. The molecule has 0 fully saturated rings. The Morgan fingerprint density at radius 1 is 0.815 bits per heavy atom. The smallest absolute Gasteiger partial charge is 0 e. The van der Waals surface area contributed by atoms with Crippen molar-refractivity contribution < 1.29 is 25.8 Å². The number of hydrogen-bond donors (Lipinski definition) is 0. The van der Waals surface area contributed by atoms with E-state index in [-0.39, 0.29) is 77.8 Å². The van der Waals surface area contributed by atoms with E-state index in [1.807, 2.05) is 30.3 Å². The molecule has 3 rings (SSSR count). The zero-order valence-electron chi connectivity index (χ0n) is 19.2. The third kappa shape index (κ3) is 15.9. The topological polar surface area (TPSA) is 0 Å². The van der Waals surface area contributed by atoms with Crippen molar-refractivity contribution in [2.75, 3.05) is 0 Å². The summed E-state index contributed by atoms with van der Waals surface area (Å²) < 4.78 is 0. The van der Waals surface area contributed by atoms with Crippen LogP contribution in [0.4, 0.5) is 0 Å². The molecule has 0 nitrogen and oxygen atoms in total. The molecule has 0 saturated carbocycles. The first-order valence-corrected chi connectivity index (χ1v) is 7.26. The van der Waals surface area contributed by atoms with Crippen molar-refractivity contribution in [3.05, 3.63) is 124 Å². The van der Waals surface area contributed by atoms with E-state index < -0.39 is 0 Å². The molecule has 0 aromatic heterocycles. The monoisotopic (exact) mass is 535 g/mol. The Balaban J connectivity index is -0.0000000552. The van der Waals surface area contributed by atoms with Crippen LogP contribution in [-0.2, 0) is 25.8 Å². The molecule has 0 heterocycles. The Kier molecular flexibility index (Phi) is 45.8. The third-order valence-electron chi connectivity index (χ3n) is 3.46. The van der Waals surface area contributed by atoms with Gasteiger partial charge in [0, 0.05) is 25.8 Å². The first-order chi connectivity index (χ1) is 9.42. The van der Waals surface area contributed by atoms with Gasteiger partial charge >= 0.3 is 0 Å². The first kappa shape index (κ1) is 45.1. The van der Waals surface area contributed by atoms with E-state index >= 15 is 0 Å². The maximum Gasteiger partial charge on any atom is 0 e.